The Morgan fingerprint density at radius 2 is 1.82 bits per heavy atom. The van der Waals surface area contributed by atoms with Crippen molar-refractivity contribution in [3.05, 3.63) is 35.1 Å². The Labute approximate surface area is 97.6 Å². The van der Waals surface area contributed by atoms with Crippen LogP contribution in [0.3, 0.4) is 0 Å². The van der Waals surface area contributed by atoms with Gasteiger partial charge >= 0.3 is 6.18 Å². The van der Waals surface area contributed by atoms with E-state index in [-0.39, 0.29) is 11.5 Å². The monoisotopic (exact) mass is 249 g/mol. The molecule has 1 aromatic rings. The highest BCUT2D eigenvalue weighted by Crippen LogP contribution is 2.34. The third kappa shape index (κ3) is 3.43. The Morgan fingerprint density at radius 3 is 2.29 bits per heavy atom. The molecular formula is C12H15F4N. The van der Waals surface area contributed by atoms with Gasteiger partial charge in [0.2, 0.25) is 0 Å². The molecule has 0 spiro atoms. The molecule has 17 heavy (non-hydrogen) atoms. The lowest BCUT2D eigenvalue weighted by Gasteiger charge is -2.17. The minimum absolute atomic E-state index is 0.0754. The second kappa shape index (κ2) is 5.04. The van der Waals surface area contributed by atoms with Crippen molar-refractivity contribution in [1.29, 1.82) is 0 Å². The van der Waals surface area contributed by atoms with Crippen LogP contribution in [-0.2, 0) is 6.18 Å². The highest BCUT2D eigenvalue weighted by molar-refractivity contribution is 5.30. The molecule has 0 aliphatic heterocycles. The summed E-state index contributed by atoms with van der Waals surface area (Å²) in [6, 6.07) is 2.50. The normalized spacial score (nSPS) is 14.1. The number of halogens is 4. The van der Waals surface area contributed by atoms with Crippen LogP contribution in [0.1, 0.15) is 37.4 Å². The lowest BCUT2D eigenvalue weighted by molar-refractivity contribution is -0.140. The predicted molar refractivity (Wildman–Crippen MR) is 57.8 cm³/mol. The van der Waals surface area contributed by atoms with Crippen LogP contribution in [0, 0.1) is 11.7 Å². The van der Waals surface area contributed by atoms with Gasteiger partial charge in [-0.05, 0) is 18.4 Å². The van der Waals surface area contributed by atoms with Crippen molar-refractivity contribution in [2.75, 3.05) is 0 Å². The van der Waals surface area contributed by atoms with Crippen LogP contribution in [0.4, 0.5) is 17.6 Å². The summed E-state index contributed by atoms with van der Waals surface area (Å²) >= 11 is 0. The first kappa shape index (κ1) is 14.0. The van der Waals surface area contributed by atoms with E-state index in [0.29, 0.717) is 6.42 Å². The number of hydrogen-bond acceptors (Lipinski definition) is 1. The highest BCUT2D eigenvalue weighted by Gasteiger charge is 2.35. The average Bonchev–Trinajstić information content (AvgIpc) is 2.14. The SMILES string of the molecule is CC(C)CC(N)c1cccc(C(F)(F)F)c1F. The summed E-state index contributed by atoms with van der Waals surface area (Å²) in [7, 11) is 0. The van der Waals surface area contributed by atoms with Crippen molar-refractivity contribution in [1.82, 2.24) is 0 Å². The fraction of sp³-hybridized carbons (Fsp3) is 0.500. The molecule has 1 aromatic carbocycles. The fourth-order valence-corrected chi connectivity index (χ4v) is 1.69. The minimum Gasteiger partial charge on any atom is -0.324 e. The molecule has 0 saturated heterocycles. The van der Waals surface area contributed by atoms with Crippen molar-refractivity contribution in [2.24, 2.45) is 11.7 Å². The van der Waals surface area contributed by atoms with Gasteiger partial charge in [-0.2, -0.15) is 13.2 Å². The van der Waals surface area contributed by atoms with E-state index in [9.17, 15) is 17.6 Å². The molecule has 0 radical (unpaired) electrons. The van der Waals surface area contributed by atoms with E-state index >= 15 is 0 Å². The van der Waals surface area contributed by atoms with Crippen LogP contribution in [0.15, 0.2) is 18.2 Å². The third-order valence-corrected chi connectivity index (χ3v) is 2.46. The smallest absolute Gasteiger partial charge is 0.324 e. The van der Waals surface area contributed by atoms with E-state index < -0.39 is 23.6 Å². The van der Waals surface area contributed by atoms with Crippen molar-refractivity contribution in [2.45, 2.75) is 32.5 Å². The first-order chi connectivity index (χ1) is 7.73. The lowest BCUT2D eigenvalue weighted by atomic mass is 9.96. The number of hydrogen-bond donors (Lipinski definition) is 1. The second-order valence-corrected chi connectivity index (χ2v) is 4.44. The van der Waals surface area contributed by atoms with Gasteiger partial charge in [0.1, 0.15) is 5.82 Å². The first-order valence-corrected chi connectivity index (χ1v) is 5.34. The van der Waals surface area contributed by atoms with E-state index in [4.69, 9.17) is 5.73 Å². The van der Waals surface area contributed by atoms with Crippen LogP contribution in [0.25, 0.3) is 0 Å². The average molecular weight is 249 g/mol. The molecule has 0 heterocycles. The molecule has 0 aromatic heterocycles. The summed E-state index contributed by atoms with van der Waals surface area (Å²) in [5, 5.41) is 0. The molecular weight excluding hydrogens is 234 g/mol. The van der Waals surface area contributed by atoms with E-state index in [1.54, 1.807) is 0 Å². The molecule has 0 amide bonds. The van der Waals surface area contributed by atoms with Crippen LogP contribution in [0.5, 0.6) is 0 Å². The zero-order chi connectivity index (χ0) is 13.2. The number of alkyl halides is 3. The topological polar surface area (TPSA) is 26.0 Å². The molecule has 5 heteroatoms. The van der Waals surface area contributed by atoms with Gasteiger partial charge < -0.3 is 5.73 Å². The molecule has 1 unspecified atom stereocenters. The maximum atomic E-state index is 13.7. The van der Waals surface area contributed by atoms with E-state index in [1.807, 2.05) is 13.8 Å². The van der Waals surface area contributed by atoms with Gasteiger partial charge in [-0.25, -0.2) is 4.39 Å². The summed E-state index contributed by atoms with van der Waals surface area (Å²) < 4.78 is 51.1. The summed E-state index contributed by atoms with van der Waals surface area (Å²) in [5.41, 5.74) is 4.37. The lowest BCUT2D eigenvalue weighted by Crippen LogP contribution is -2.17. The molecule has 1 atom stereocenters. The zero-order valence-electron chi connectivity index (χ0n) is 9.68. The quantitative estimate of drug-likeness (QED) is 0.808. The molecule has 2 N–H and O–H groups in total. The van der Waals surface area contributed by atoms with Gasteiger partial charge in [-0.15, -0.1) is 0 Å². The van der Waals surface area contributed by atoms with E-state index in [2.05, 4.69) is 0 Å². The first-order valence-electron chi connectivity index (χ1n) is 5.34. The fourth-order valence-electron chi connectivity index (χ4n) is 1.69. The van der Waals surface area contributed by atoms with E-state index in [1.165, 1.54) is 12.1 Å². The highest BCUT2D eigenvalue weighted by atomic mass is 19.4. The van der Waals surface area contributed by atoms with Crippen LogP contribution < -0.4 is 5.73 Å². The Balaban J connectivity index is 3.10. The van der Waals surface area contributed by atoms with Gasteiger partial charge in [-0.1, -0.05) is 26.0 Å². The van der Waals surface area contributed by atoms with Gasteiger partial charge in [0.25, 0.3) is 0 Å². The van der Waals surface area contributed by atoms with Crippen molar-refractivity contribution < 1.29 is 17.6 Å². The molecule has 0 fully saturated rings. The Kier molecular flexibility index (Phi) is 4.14. The van der Waals surface area contributed by atoms with Crippen LogP contribution in [0.2, 0.25) is 0 Å². The van der Waals surface area contributed by atoms with Gasteiger partial charge in [0.15, 0.2) is 0 Å². The number of nitrogens with two attached hydrogens (primary N) is 1. The maximum Gasteiger partial charge on any atom is 0.419 e. The molecule has 0 bridgehead atoms. The Bertz CT molecular complexity index is 385. The zero-order valence-corrected chi connectivity index (χ0v) is 9.68. The largest absolute Gasteiger partial charge is 0.419 e. The standard InChI is InChI=1S/C12H15F4N/c1-7(2)6-10(17)8-4-3-5-9(11(8)13)12(14,15)16/h3-5,7,10H,6,17H2,1-2H3. The van der Waals surface area contributed by atoms with Crippen LogP contribution in [-0.4, -0.2) is 0 Å². The molecule has 1 nitrogen and oxygen atoms in total. The molecule has 0 saturated carbocycles. The predicted octanol–water partition coefficient (Wildman–Crippen LogP) is 3.89. The summed E-state index contributed by atoms with van der Waals surface area (Å²) in [5.74, 6) is -1.06. The summed E-state index contributed by atoms with van der Waals surface area (Å²) in [6.45, 7) is 3.76. The number of benzene rings is 1. The third-order valence-electron chi connectivity index (χ3n) is 2.46. The molecule has 1 rings (SSSR count). The minimum atomic E-state index is -4.68. The number of rotatable bonds is 3. The second-order valence-electron chi connectivity index (χ2n) is 4.44. The van der Waals surface area contributed by atoms with Crippen molar-refractivity contribution in [3.8, 4) is 0 Å². The van der Waals surface area contributed by atoms with Crippen molar-refractivity contribution >= 4 is 0 Å². The molecule has 0 aliphatic rings. The van der Waals surface area contributed by atoms with Crippen molar-refractivity contribution in [3.63, 3.8) is 0 Å². The van der Waals surface area contributed by atoms with Gasteiger partial charge in [0.05, 0.1) is 5.56 Å². The molecule has 96 valence electrons. The summed E-state index contributed by atoms with van der Waals surface area (Å²) in [4.78, 5) is 0. The summed E-state index contributed by atoms with van der Waals surface area (Å²) in [6.07, 6.45) is -4.24. The molecule has 0 aliphatic carbocycles. The van der Waals surface area contributed by atoms with Gasteiger partial charge in [0, 0.05) is 11.6 Å². The van der Waals surface area contributed by atoms with Crippen LogP contribution >= 0.6 is 0 Å². The van der Waals surface area contributed by atoms with Gasteiger partial charge in [-0.3, -0.25) is 0 Å². The Hall–Kier alpha value is -1.10. The van der Waals surface area contributed by atoms with E-state index in [0.717, 1.165) is 6.07 Å². The maximum absolute atomic E-state index is 13.7. The Morgan fingerprint density at radius 1 is 1.24 bits per heavy atom.